The summed E-state index contributed by atoms with van der Waals surface area (Å²) in [5.74, 6) is 1.95. The summed E-state index contributed by atoms with van der Waals surface area (Å²) in [6.07, 6.45) is 0. The molecule has 0 aromatic heterocycles. The van der Waals surface area contributed by atoms with E-state index in [4.69, 9.17) is 9.47 Å². The largest absolute Gasteiger partial charge is 0.454 e. The zero-order valence-corrected chi connectivity index (χ0v) is 15.3. The molecule has 1 saturated heterocycles. The molecule has 0 unspecified atom stereocenters. The van der Waals surface area contributed by atoms with Gasteiger partial charge in [0.15, 0.2) is 11.5 Å². The average Bonchev–Trinajstić information content (AvgIpc) is 3.15. The van der Waals surface area contributed by atoms with Crippen molar-refractivity contribution in [1.82, 2.24) is 4.90 Å². The summed E-state index contributed by atoms with van der Waals surface area (Å²) in [5.41, 5.74) is 3.24. The number of piperazine rings is 1. The van der Waals surface area contributed by atoms with E-state index in [2.05, 4.69) is 43.0 Å². The van der Waals surface area contributed by atoms with Gasteiger partial charge in [-0.05, 0) is 41.8 Å². The van der Waals surface area contributed by atoms with E-state index in [9.17, 15) is 4.79 Å². The Labute approximate surface area is 154 Å². The minimum atomic E-state index is 0.0538. The van der Waals surface area contributed by atoms with Gasteiger partial charge in [0, 0.05) is 37.4 Å². The minimum absolute atomic E-state index is 0.0538. The second kappa shape index (κ2) is 6.90. The predicted molar refractivity (Wildman–Crippen MR) is 101 cm³/mol. The molecule has 0 atom stereocenters. The molecule has 0 aliphatic carbocycles. The second-order valence-corrected chi connectivity index (χ2v) is 7.09. The number of amides is 1. The van der Waals surface area contributed by atoms with Crippen LogP contribution in [0, 0.1) is 0 Å². The molecule has 136 valence electrons. The first-order valence-electron chi connectivity index (χ1n) is 9.15. The van der Waals surface area contributed by atoms with Crippen LogP contribution in [0.2, 0.25) is 0 Å². The Hall–Kier alpha value is -2.69. The van der Waals surface area contributed by atoms with Crippen molar-refractivity contribution >= 4 is 11.6 Å². The third kappa shape index (κ3) is 3.21. The lowest BCUT2D eigenvalue weighted by Crippen LogP contribution is -2.48. The van der Waals surface area contributed by atoms with Gasteiger partial charge in [0.25, 0.3) is 5.91 Å². The van der Waals surface area contributed by atoms with Crippen LogP contribution in [-0.2, 0) is 0 Å². The van der Waals surface area contributed by atoms with Gasteiger partial charge < -0.3 is 19.3 Å². The van der Waals surface area contributed by atoms with E-state index < -0.39 is 0 Å². The fourth-order valence-corrected chi connectivity index (χ4v) is 3.45. The fourth-order valence-electron chi connectivity index (χ4n) is 3.45. The number of hydrogen-bond acceptors (Lipinski definition) is 4. The third-order valence-electron chi connectivity index (χ3n) is 5.11. The van der Waals surface area contributed by atoms with Gasteiger partial charge in [-0.3, -0.25) is 4.79 Å². The lowest BCUT2D eigenvalue weighted by Gasteiger charge is -2.36. The number of anilines is 1. The van der Waals surface area contributed by atoms with Crippen LogP contribution in [0.3, 0.4) is 0 Å². The van der Waals surface area contributed by atoms with Gasteiger partial charge in [-0.2, -0.15) is 0 Å². The summed E-state index contributed by atoms with van der Waals surface area (Å²) in [4.78, 5) is 17.0. The summed E-state index contributed by atoms with van der Waals surface area (Å²) in [6, 6.07) is 14.2. The van der Waals surface area contributed by atoms with Crippen LogP contribution in [0.4, 0.5) is 5.69 Å². The Bertz CT molecular complexity index is 793. The Morgan fingerprint density at radius 1 is 0.923 bits per heavy atom. The molecule has 4 rings (SSSR count). The maximum atomic E-state index is 12.8. The molecular weight excluding hydrogens is 328 g/mol. The molecule has 26 heavy (non-hydrogen) atoms. The molecule has 0 radical (unpaired) electrons. The van der Waals surface area contributed by atoms with Crippen LogP contribution < -0.4 is 14.4 Å². The van der Waals surface area contributed by atoms with Crippen molar-refractivity contribution in [3.8, 4) is 11.5 Å². The second-order valence-electron chi connectivity index (χ2n) is 7.09. The normalized spacial score (nSPS) is 16.3. The Kier molecular flexibility index (Phi) is 4.45. The van der Waals surface area contributed by atoms with Crippen molar-refractivity contribution in [2.24, 2.45) is 0 Å². The number of hydrogen-bond donors (Lipinski definition) is 0. The summed E-state index contributed by atoms with van der Waals surface area (Å²) in [5, 5.41) is 0. The Morgan fingerprint density at radius 2 is 1.62 bits per heavy atom. The molecule has 0 N–H and O–H groups in total. The van der Waals surface area contributed by atoms with Crippen molar-refractivity contribution < 1.29 is 14.3 Å². The molecule has 5 heteroatoms. The highest BCUT2D eigenvalue weighted by Crippen LogP contribution is 2.33. The third-order valence-corrected chi connectivity index (χ3v) is 5.11. The van der Waals surface area contributed by atoms with Gasteiger partial charge in [0.05, 0.1) is 0 Å². The predicted octanol–water partition coefficient (Wildman–Crippen LogP) is 3.50. The lowest BCUT2D eigenvalue weighted by atomic mass is 10.0. The van der Waals surface area contributed by atoms with E-state index in [1.54, 1.807) is 6.07 Å². The highest BCUT2D eigenvalue weighted by molar-refractivity contribution is 5.95. The fraction of sp³-hybridized carbons (Fsp3) is 0.381. The Morgan fingerprint density at radius 3 is 2.31 bits per heavy atom. The summed E-state index contributed by atoms with van der Waals surface area (Å²) < 4.78 is 10.7. The van der Waals surface area contributed by atoms with E-state index in [0.717, 1.165) is 26.2 Å². The quantitative estimate of drug-likeness (QED) is 0.848. The standard InChI is InChI=1S/C21H24N2O3/c1-15(2)16-3-6-18(7-4-16)22-9-11-23(12-10-22)21(24)17-5-8-19-20(13-17)26-14-25-19/h3-8,13,15H,9-12,14H2,1-2H3. The van der Waals surface area contributed by atoms with E-state index in [-0.39, 0.29) is 12.7 Å². The van der Waals surface area contributed by atoms with Crippen molar-refractivity contribution in [3.05, 3.63) is 53.6 Å². The number of benzene rings is 2. The number of nitrogens with zero attached hydrogens (tertiary/aromatic N) is 2. The van der Waals surface area contributed by atoms with Gasteiger partial charge in [-0.15, -0.1) is 0 Å². The summed E-state index contributed by atoms with van der Waals surface area (Å²) >= 11 is 0. The maximum absolute atomic E-state index is 12.8. The zero-order valence-electron chi connectivity index (χ0n) is 15.3. The molecule has 2 aromatic carbocycles. The molecule has 0 saturated carbocycles. The monoisotopic (exact) mass is 352 g/mol. The molecule has 2 heterocycles. The maximum Gasteiger partial charge on any atom is 0.254 e. The first-order chi connectivity index (χ1) is 12.6. The van der Waals surface area contributed by atoms with Crippen LogP contribution in [0.1, 0.15) is 35.7 Å². The highest BCUT2D eigenvalue weighted by Gasteiger charge is 2.24. The summed E-state index contributed by atoms with van der Waals surface area (Å²) in [7, 11) is 0. The van der Waals surface area contributed by atoms with Crippen LogP contribution in [0.5, 0.6) is 11.5 Å². The van der Waals surface area contributed by atoms with E-state index in [1.807, 2.05) is 17.0 Å². The molecule has 5 nitrogen and oxygen atoms in total. The van der Waals surface area contributed by atoms with Crippen LogP contribution >= 0.6 is 0 Å². The average molecular weight is 352 g/mol. The molecule has 1 fully saturated rings. The van der Waals surface area contributed by atoms with Gasteiger partial charge in [-0.1, -0.05) is 26.0 Å². The number of carbonyl (C=O) groups excluding carboxylic acids is 1. The zero-order chi connectivity index (χ0) is 18.1. The number of rotatable bonds is 3. The first-order valence-corrected chi connectivity index (χ1v) is 9.15. The van der Waals surface area contributed by atoms with E-state index >= 15 is 0 Å². The molecular formula is C21H24N2O3. The van der Waals surface area contributed by atoms with Crippen LogP contribution in [0.25, 0.3) is 0 Å². The topological polar surface area (TPSA) is 42.0 Å². The van der Waals surface area contributed by atoms with Gasteiger partial charge in [0.2, 0.25) is 6.79 Å². The number of carbonyl (C=O) groups is 1. The minimum Gasteiger partial charge on any atom is -0.454 e. The molecule has 0 spiro atoms. The first kappa shape index (κ1) is 16.8. The SMILES string of the molecule is CC(C)c1ccc(N2CCN(C(=O)c3ccc4c(c3)OCO4)CC2)cc1. The molecule has 2 aliphatic rings. The summed E-state index contributed by atoms with van der Waals surface area (Å²) in [6.45, 7) is 7.76. The van der Waals surface area contributed by atoms with Crippen molar-refractivity contribution in [2.75, 3.05) is 37.9 Å². The van der Waals surface area contributed by atoms with Gasteiger partial charge in [0.1, 0.15) is 0 Å². The molecule has 1 amide bonds. The van der Waals surface area contributed by atoms with E-state index in [1.165, 1.54) is 11.3 Å². The van der Waals surface area contributed by atoms with Gasteiger partial charge >= 0.3 is 0 Å². The molecule has 2 aromatic rings. The van der Waals surface area contributed by atoms with Gasteiger partial charge in [-0.25, -0.2) is 0 Å². The van der Waals surface area contributed by atoms with Crippen molar-refractivity contribution in [2.45, 2.75) is 19.8 Å². The number of ether oxygens (including phenoxy) is 2. The van der Waals surface area contributed by atoms with Crippen molar-refractivity contribution in [1.29, 1.82) is 0 Å². The Balaban J connectivity index is 1.39. The van der Waals surface area contributed by atoms with E-state index in [0.29, 0.717) is 23.0 Å². The smallest absolute Gasteiger partial charge is 0.254 e. The molecule has 2 aliphatic heterocycles. The van der Waals surface area contributed by atoms with Crippen molar-refractivity contribution in [3.63, 3.8) is 0 Å². The van der Waals surface area contributed by atoms with Crippen LogP contribution in [0.15, 0.2) is 42.5 Å². The molecule has 0 bridgehead atoms. The number of fused-ring (bicyclic) bond motifs is 1. The lowest BCUT2D eigenvalue weighted by molar-refractivity contribution is 0.0746. The van der Waals surface area contributed by atoms with Crippen LogP contribution in [-0.4, -0.2) is 43.8 Å². The highest BCUT2D eigenvalue weighted by atomic mass is 16.7.